The number of anilines is 2. The highest BCUT2D eigenvalue weighted by Crippen LogP contribution is 2.31. The third-order valence-electron chi connectivity index (χ3n) is 7.57. The molecule has 0 spiro atoms. The molecule has 0 radical (unpaired) electrons. The number of imide groups is 2. The van der Waals surface area contributed by atoms with Crippen molar-refractivity contribution < 1.29 is 19.2 Å². The molecule has 1 aromatic rings. The van der Waals surface area contributed by atoms with Crippen LogP contribution >= 0.6 is 0 Å². The molecule has 0 saturated carbocycles. The Balaban J connectivity index is 1.28. The van der Waals surface area contributed by atoms with E-state index in [9.17, 15) is 19.2 Å². The van der Waals surface area contributed by atoms with Gasteiger partial charge in [-0.15, -0.1) is 0 Å². The standard InChI is InChI=1S/C24H32N6O4/c1-25-7-11-27(12-8-25)19-15-21(31)29(23(19)33)17-3-5-18(6-4-17)30-22(32)16-20(24(30)34)28-13-9-26(2)10-14-28/h3-6,19-20H,7-16H2,1-2H3/t19-,20+. The van der Waals surface area contributed by atoms with E-state index in [4.69, 9.17) is 0 Å². The first-order chi connectivity index (χ1) is 16.3. The van der Waals surface area contributed by atoms with Crippen LogP contribution in [-0.2, 0) is 19.2 Å². The van der Waals surface area contributed by atoms with Gasteiger partial charge in [-0.2, -0.15) is 0 Å². The smallest absolute Gasteiger partial charge is 0.251 e. The predicted molar refractivity (Wildman–Crippen MR) is 126 cm³/mol. The highest BCUT2D eigenvalue weighted by atomic mass is 16.2. The van der Waals surface area contributed by atoms with Crippen molar-refractivity contribution in [3.8, 4) is 0 Å². The van der Waals surface area contributed by atoms with Crippen LogP contribution in [0.25, 0.3) is 0 Å². The van der Waals surface area contributed by atoms with E-state index in [1.165, 1.54) is 9.80 Å². The minimum atomic E-state index is -0.424. The Morgan fingerprint density at radius 2 is 0.882 bits per heavy atom. The monoisotopic (exact) mass is 468 g/mol. The number of nitrogens with zero attached hydrogens (tertiary/aromatic N) is 6. The summed E-state index contributed by atoms with van der Waals surface area (Å²) in [4.78, 5) is 62.8. The SMILES string of the molecule is CN1CCN([C@@H]2CC(=O)N(c3ccc(N4C(=O)C[C@H](N5CCN(C)CC5)C4=O)cc3)C2=O)CC1. The summed E-state index contributed by atoms with van der Waals surface area (Å²) in [7, 11) is 4.10. The third-order valence-corrected chi connectivity index (χ3v) is 7.57. The van der Waals surface area contributed by atoms with Crippen molar-refractivity contribution in [1.29, 1.82) is 0 Å². The Morgan fingerprint density at radius 3 is 1.21 bits per heavy atom. The molecule has 5 rings (SSSR count). The molecule has 4 heterocycles. The fraction of sp³-hybridized carbons (Fsp3) is 0.583. The summed E-state index contributed by atoms with van der Waals surface area (Å²) in [5.74, 6) is -0.841. The Bertz CT molecular complexity index is 903. The lowest BCUT2D eigenvalue weighted by atomic mass is 10.2. The first-order valence-electron chi connectivity index (χ1n) is 12.0. The molecule has 4 amide bonds. The molecule has 0 aliphatic carbocycles. The van der Waals surface area contributed by atoms with Gasteiger partial charge in [-0.1, -0.05) is 0 Å². The number of rotatable bonds is 4. The predicted octanol–water partition coefficient (Wildman–Crippen LogP) is -0.555. The van der Waals surface area contributed by atoms with Crippen LogP contribution in [0.5, 0.6) is 0 Å². The molecule has 10 nitrogen and oxygen atoms in total. The van der Waals surface area contributed by atoms with E-state index in [1.807, 2.05) is 0 Å². The fourth-order valence-corrected chi connectivity index (χ4v) is 5.36. The molecule has 4 aliphatic heterocycles. The molecule has 0 N–H and O–H groups in total. The van der Waals surface area contributed by atoms with E-state index in [0.717, 1.165) is 52.4 Å². The van der Waals surface area contributed by atoms with Gasteiger partial charge in [-0.3, -0.25) is 29.0 Å². The van der Waals surface area contributed by atoms with Crippen molar-refractivity contribution in [1.82, 2.24) is 19.6 Å². The quantitative estimate of drug-likeness (QED) is 0.544. The van der Waals surface area contributed by atoms with Crippen molar-refractivity contribution in [2.45, 2.75) is 24.9 Å². The first kappa shape index (κ1) is 23.1. The molecule has 2 atom stereocenters. The average molecular weight is 469 g/mol. The lowest BCUT2D eigenvalue weighted by Crippen LogP contribution is -2.51. The normalized spacial score (nSPS) is 28.5. The Hall–Kier alpha value is -2.66. The minimum Gasteiger partial charge on any atom is -0.304 e. The fourth-order valence-electron chi connectivity index (χ4n) is 5.36. The van der Waals surface area contributed by atoms with Crippen LogP contribution in [0.3, 0.4) is 0 Å². The molecule has 182 valence electrons. The second kappa shape index (κ2) is 9.18. The zero-order valence-corrected chi connectivity index (χ0v) is 19.9. The summed E-state index contributed by atoms with van der Waals surface area (Å²) >= 11 is 0. The van der Waals surface area contributed by atoms with Crippen molar-refractivity contribution >= 4 is 35.0 Å². The van der Waals surface area contributed by atoms with Crippen LogP contribution in [0.1, 0.15) is 12.8 Å². The van der Waals surface area contributed by atoms with Crippen LogP contribution in [0, 0.1) is 0 Å². The van der Waals surface area contributed by atoms with E-state index < -0.39 is 12.1 Å². The maximum atomic E-state index is 13.1. The van der Waals surface area contributed by atoms with Crippen molar-refractivity contribution in [2.24, 2.45) is 0 Å². The van der Waals surface area contributed by atoms with Gasteiger partial charge in [-0.25, -0.2) is 9.80 Å². The van der Waals surface area contributed by atoms with Gasteiger partial charge in [-0.05, 0) is 38.4 Å². The summed E-state index contributed by atoms with van der Waals surface area (Å²) in [6.45, 7) is 6.56. The van der Waals surface area contributed by atoms with E-state index in [2.05, 4.69) is 33.7 Å². The first-order valence-corrected chi connectivity index (χ1v) is 12.0. The molecule has 10 heteroatoms. The molecule has 1 aromatic carbocycles. The summed E-state index contributed by atoms with van der Waals surface area (Å²) in [5.41, 5.74) is 0.954. The maximum absolute atomic E-state index is 13.1. The van der Waals surface area contributed by atoms with Crippen LogP contribution in [-0.4, -0.2) is 122 Å². The number of carbonyl (C=O) groups excluding carboxylic acids is 4. The van der Waals surface area contributed by atoms with Gasteiger partial charge in [0.15, 0.2) is 0 Å². The van der Waals surface area contributed by atoms with E-state index >= 15 is 0 Å². The molecule has 34 heavy (non-hydrogen) atoms. The number of hydrogen-bond acceptors (Lipinski definition) is 8. The highest BCUT2D eigenvalue weighted by molar-refractivity contribution is 6.24. The molecule has 0 aromatic heterocycles. The van der Waals surface area contributed by atoms with Crippen LogP contribution < -0.4 is 9.80 Å². The van der Waals surface area contributed by atoms with Crippen LogP contribution in [0.2, 0.25) is 0 Å². The van der Waals surface area contributed by atoms with Gasteiger partial charge in [0.2, 0.25) is 11.8 Å². The van der Waals surface area contributed by atoms with Crippen molar-refractivity contribution in [3.05, 3.63) is 24.3 Å². The maximum Gasteiger partial charge on any atom is 0.251 e. The Kier molecular flexibility index (Phi) is 6.24. The summed E-state index contributed by atoms with van der Waals surface area (Å²) in [6, 6.07) is 5.77. The van der Waals surface area contributed by atoms with Gasteiger partial charge in [0, 0.05) is 52.4 Å². The lowest BCUT2D eigenvalue weighted by molar-refractivity contribution is -0.124. The molecule has 4 saturated heterocycles. The zero-order chi connectivity index (χ0) is 24.0. The Labute approximate surface area is 199 Å². The van der Waals surface area contributed by atoms with Gasteiger partial charge < -0.3 is 9.80 Å². The van der Waals surface area contributed by atoms with E-state index in [0.29, 0.717) is 11.4 Å². The Morgan fingerprint density at radius 1 is 0.559 bits per heavy atom. The number of likely N-dealkylation sites (N-methyl/N-ethyl adjacent to an activating group) is 2. The van der Waals surface area contributed by atoms with E-state index in [-0.39, 0.29) is 36.5 Å². The van der Waals surface area contributed by atoms with Gasteiger partial charge >= 0.3 is 0 Å². The zero-order valence-electron chi connectivity index (χ0n) is 19.9. The number of piperazine rings is 2. The second-order valence-corrected chi connectivity index (χ2v) is 9.77. The van der Waals surface area contributed by atoms with Gasteiger partial charge in [0.25, 0.3) is 11.8 Å². The van der Waals surface area contributed by atoms with Crippen molar-refractivity contribution in [2.75, 3.05) is 76.3 Å². The molecular weight excluding hydrogens is 436 g/mol. The topological polar surface area (TPSA) is 87.7 Å². The summed E-state index contributed by atoms with van der Waals surface area (Å²) < 4.78 is 0. The minimum absolute atomic E-state index is 0.181. The molecule has 0 unspecified atom stereocenters. The largest absolute Gasteiger partial charge is 0.304 e. The second-order valence-electron chi connectivity index (χ2n) is 9.77. The summed E-state index contributed by atoms with van der Waals surface area (Å²) in [5, 5.41) is 0. The molecule has 4 aliphatic rings. The number of carbonyl (C=O) groups is 4. The highest BCUT2D eigenvalue weighted by Gasteiger charge is 2.45. The average Bonchev–Trinajstić information content (AvgIpc) is 3.29. The lowest BCUT2D eigenvalue weighted by Gasteiger charge is -2.35. The summed E-state index contributed by atoms with van der Waals surface area (Å²) in [6.07, 6.45) is 0.361. The van der Waals surface area contributed by atoms with Crippen molar-refractivity contribution in [3.63, 3.8) is 0 Å². The van der Waals surface area contributed by atoms with Crippen LogP contribution in [0.4, 0.5) is 11.4 Å². The number of benzene rings is 1. The van der Waals surface area contributed by atoms with Gasteiger partial charge in [0.05, 0.1) is 36.3 Å². The van der Waals surface area contributed by atoms with E-state index in [1.54, 1.807) is 24.3 Å². The number of hydrogen-bond donors (Lipinski definition) is 0. The van der Waals surface area contributed by atoms with Gasteiger partial charge in [0.1, 0.15) is 0 Å². The molecule has 4 fully saturated rings. The van der Waals surface area contributed by atoms with Crippen LogP contribution in [0.15, 0.2) is 24.3 Å². The molecule has 0 bridgehead atoms. The number of amides is 4. The molecular formula is C24H32N6O4. The third kappa shape index (κ3) is 4.15.